The molecule has 1 unspecified atom stereocenters. The molecule has 0 saturated carbocycles. The summed E-state index contributed by atoms with van der Waals surface area (Å²) in [5.41, 5.74) is 3.11. The highest BCUT2D eigenvalue weighted by atomic mass is 32.1. The largest absolute Gasteiger partial charge is 0.378 e. The van der Waals surface area contributed by atoms with E-state index < -0.39 is 0 Å². The highest BCUT2D eigenvalue weighted by molar-refractivity contribution is 7.07. The third-order valence-electron chi connectivity index (χ3n) is 2.85. The van der Waals surface area contributed by atoms with Crippen LogP contribution in [0.2, 0.25) is 0 Å². The molecule has 1 aromatic heterocycles. The number of hydrogen-bond acceptors (Lipinski definition) is 4. The predicted octanol–water partition coefficient (Wildman–Crippen LogP) is 4.14. The maximum Gasteiger partial charge on any atom is 0.271 e. The fraction of sp³-hybridized carbons (Fsp3) is 0.231. The molecule has 0 bridgehead atoms. The molecule has 0 saturated heterocycles. The average molecular weight is 262 g/mol. The molecule has 1 aromatic carbocycles. The molecule has 4 nitrogen and oxygen atoms in total. The van der Waals surface area contributed by atoms with Gasteiger partial charge >= 0.3 is 0 Å². The van der Waals surface area contributed by atoms with E-state index in [0.29, 0.717) is 0 Å². The first kappa shape index (κ1) is 12.6. The monoisotopic (exact) mass is 262 g/mol. The fourth-order valence-corrected chi connectivity index (χ4v) is 2.47. The predicted molar refractivity (Wildman–Crippen MR) is 74.2 cm³/mol. The van der Waals surface area contributed by atoms with Gasteiger partial charge in [0.05, 0.1) is 4.92 Å². The van der Waals surface area contributed by atoms with Crippen LogP contribution in [0.3, 0.4) is 0 Å². The molecule has 1 N–H and O–H groups in total. The van der Waals surface area contributed by atoms with Crippen LogP contribution in [-0.2, 0) is 0 Å². The van der Waals surface area contributed by atoms with Gasteiger partial charge in [-0.25, -0.2) is 0 Å². The third kappa shape index (κ3) is 2.68. The molecule has 2 aromatic rings. The number of nitrogens with one attached hydrogen (secondary N) is 1. The van der Waals surface area contributed by atoms with E-state index in [0.717, 1.165) is 11.3 Å². The standard InChI is InChI=1S/C13H14N2O2S/c1-9-3-4-12(15(16)17)7-13(9)14-10(2)11-5-6-18-8-11/h3-8,10,14H,1-2H3. The molecule has 0 amide bonds. The molecule has 0 spiro atoms. The zero-order valence-electron chi connectivity index (χ0n) is 10.2. The molecule has 0 aliphatic rings. The van der Waals surface area contributed by atoms with Gasteiger partial charge in [0.2, 0.25) is 0 Å². The Morgan fingerprint density at radius 2 is 2.17 bits per heavy atom. The van der Waals surface area contributed by atoms with Gasteiger partial charge < -0.3 is 5.32 Å². The minimum absolute atomic E-state index is 0.112. The van der Waals surface area contributed by atoms with Crippen LogP contribution in [0.4, 0.5) is 11.4 Å². The molecule has 18 heavy (non-hydrogen) atoms. The Balaban J connectivity index is 2.23. The van der Waals surface area contributed by atoms with Gasteiger partial charge in [-0.15, -0.1) is 0 Å². The summed E-state index contributed by atoms with van der Waals surface area (Å²) in [5, 5.41) is 18.2. The Morgan fingerprint density at radius 3 is 2.78 bits per heavy atom. The molecule has 5 heteroatoms. The van der Waals surface area contributed by atoms with Crippen LogP contribution >= 0.6 is 11.3 Å². The van der Waals surface area contributed by atoms with Crippen molar-refractivity contribution in [1.82, 2.24) is 0 Å². The summed E-state index contributed by atoms with van der Waals surface area (Å²) in [4.78, 5) is 10.4. The number of nitro benzene ring substituents is 1. The van der Waals surface area contributed by atoms with Crippen LogP contribution in [0.1, 0.15) is 24.1 Å². The van der Waals surface area contributed by atoms with E-state index in [4.69, 9.17) is 0 Å². The van der Waals surface area contributed by atoms with Crippen molar-refractivity contribution in [3.8, 4) is 0 Å². The summed E-state index contributed by atoms with van der Waals surface area (Å²) in [6.07, 6.45) is 0. The second-order valence-electron chi connectivity index (χ2n) is 4.18. The Hall–Kier alpha value is -1.88. The second-order valence-corrected chi connectivity index (χ2v) is 4.96. The highest BCUT2D eigenvalue weighted by Crippen LogP contribution is 2.26. The summed E-state index contributed by atoms with van der Waals surface area (Å²) in [7, 11) is 0. The zero-order valence-corrected chi connectivity index (χ0v) is 11.0. The van der Waals surface area contributed by atoms with Crippen LogP contribution in [-0.4, -0.2) is 4.92 Å². The number of non-ortho nitro benzene ring substituents is 1. The van der Waals surface area contributed by atoms with Crippen LogP contribution in [0.25, 0.3) is 0 Å². The number of thiophene rings is 1. The Kier molecular flexibility index (Phi) is 3.62. The van der Waals surface area contributed by atoms with Gasteiger partial charge in [-0.2, -0.15) is 11.3 Å². The van der Waals surface area contributed by atoms with Gasteiger partial charge in [-0.3, -0.25) is 10.1 Å². The summed E-state index contributed by atoms with van der Waals surface area (Å²) in [6, 6.07) is 7.06. The van der Waals surface area contributed by atoms with Crippen molar-refractivity contribution in [2.75, 3.05) is 5.32 Å². The Morgan fingerprint density at radius 1 is 1.39 bits per heavy atom. The van der Waals surface area contributed by atoms with E-state index in [2.05, 4.69) is 16.8 Å². The minimum atomic E-state index is -0.375. The quantitative estimate of drug-likeness (QED) is 0.665. The van der Waals surface area contributed by atoms with Crippen molar-refractivity contribution >= 4 is 22.7 Å². The van der Waals surface area contributed by atoms with Crippen LogP contribution in [0.15, 0.2) is 35.0 Å². The van der Waals surface area contributed by atoms with Gasteiger partial charge in [-0.05, 0) is 41.8 Å². The third-order valence-corrected chi connectivity index (χ3v) is 3.55. The number of nitro groups is 1. The molecular formula is C13H14N2O2S. The first-order valence-electron chi connectivity index (χ1n) is 5.61. The topological polar surface area (TPSA) is 55.2 Å². The van der Waals surface area contributed by atoms with Crippen LogP contribution in [0.5, 0.6) is 0 Å². The molecule has 0 fully saturated rings. The van der Waals surface area contributed by atoms with E-state index in [9.17, 15) is 10.1 Å². The SMILES string of the molecule is Cc1ccc([N+](=O)[O-])cc1NC(C)c1ccsc1. The lowest BCUT2D eigenvalue weighted by molar-refractivity contribution is -0.384. The number of anilines is 1. The van der Waals surface area contributed by atoms with Gasteiger partial charge in [0.15, 0.2) is 0 Å². The Labute approximate surface area is 109 Å². The van der Waals surface area contributed by atoms with E-state index in [1.807, 2.05) is 19.2 Å². The van der Waals surface area contributed by atoms with E-state index in [-0.39, 0.29) is 16.7 Å². The van der Waals surface area contributed by atoms with Gasteiger partial charge in [0.25, 0.3) is 5.69 Å². The fourth-order valence-electron chi connectivity index (χ4n) is 1.72. The molecule has 1 heterocycles. The van der Waals surface area contributed by atoms with E-state index >= 15 is 0 Å². The second kappa shape index (κ2) is 5.18. The Bertz CT molecular complexity index is 552. The minimum Gasteiger partial charge on any atom is -0.378 e. The lowest BCUT2D eigenvalue weighted by Gasteiger charge is -2.15. The number of nitrogens with zero attached hydrogens (tertiary/aromatic N) is 1. The van der Waals surface area contributed by atoms with Crippen molar-refractivity contribution in [3.63, 3.8) is 0 Å². The molecule has 0 radical (unpaired) electrons. The first-order chi connectivity index (χ1) is 8.58. The molecule has 0 aliphatic heterocycles. The molecular weight excluding hydrogens is 248 g/mol. The molecule has 94 valence electrons. The average Bonchev–Trinajstić information content (AvgIpc) is 2.85. The number of benzene rings is 1. The number of hydrogen-bond donors (Lipinski definition) is 1. The lowest BCUT2D eigenvalue weighted by atomic mass is 10.1. The van der Waals surface area contributed by atoms with Crippen molar-refractivity contribution < 1.29 is 4.92 Å². The summed E-state index contributed by atoms with van der Waals surface area (Å²) in [5.74, 6) is 0. The van der Waals surface area contributed by atoms with Crippen molar-refractivity contribution in [2.24, 2.45) is 0 Å². The summed E-state index contributed by atoms with van der Waals surface area (Å²) >= 11 is 1.64. The van der Waals surface area contributed by atoms with Crippen LogP contribution < -0.4 is 5.32 Å². The van der Waals surface area contributed by atoms with Crippen LogP contribution in [0, 0.1) is 17.0 Å². The molecule has 0 aliphatic carbocycles. The van der Waals surface area contributed by atoms with Crippen molar-refractivity contribution in [3.05, 3.63) is 56.3 Å². The van der Waals surface area contributed by atoms with Gasteiger partial charge in [0, 0.05) is 23.9 Å². The normalized spacial score (nSPS) is 12.1. The van der Waals surface area contributed by atoms with Gasteiger partial charge in [0.1, 0.15) is 0 Å². The summed E-state index contributed by atoms with van der Waals surface area (Å²) in [6.45, 7) is 3.98. The lowest BCUT2D eigenvalue weighted by Crippen LogP contribution is -2.07. The summed E-state index contributed by atoms with van der Waals surface area (Å²) < 4.78 is 0. The zero-order chi connectivity index (χ0) is 13.1. The smallest absolute Gasteiger partial charge is 0.271 e. The first-order valence-corrected chi connectivity index (χ1v) is 6.56. The van der Waals surface area contributed by atoms with Gasteiger partial charge in [-0.1, -0.05) is 6.07 Å². The van der Waals surface area contributed by atoms with Crippen molar-refractivity contribution in [2.45, 2.75) is 19.9 Å². The molecule has 2 rings (SSSR count). The van der Waals surface area contributed by atoms with E-state index in [1.54, 1.807) is 23.5 Å². The highest BCUT2D eigenvalue weighted by Gasteiger charge is 2.11. The number of rotatable bonds is 4. The van der Waals surface area contributed by atoms with Crippen molar-refractivity contribution in [1.29, 1.82) is 0 Å². The molecule has 1 atom stereocenters. The number of aryl methyl sites for hydroxylation is 1. The maximum atomic E-state index is 10.8. The maximum absolute atomic E-state index is 10.8. The van der Waals surface area contributed by atoms with E-state index in [1.165, 1.54) is 11.6 Å².